The van der Waals surface area contributed by atoms with Gasteiger partial charge in [0.1, 0.15) is 0 Å². The van der Waals surface area contributed by atoms with Gasteiger partial charge in [0, 0.05) is 25.4 Å². The minimum absolute atomic E-state index is 0.484. The summed E-state index contributed by atoms with van der Waals surface area (Å²) in [5.74, 6) is 28.6. The molecule has 22 aliphatic rings. The molecule has 101 heavy (non-hydrogen) atoms. The first-order valence-corrected chi connectivity index (χ1v) is 45.1. The summed E-state index contributed by atoms with van der Waals surface area (Å²) in [4.78, 5) is 0. The zero-order chi connectivity index (χ0) is 68.8. The maximum atomic E-state index is 6.01. The minimum Gasteiger partial charge on any atom is -0.374 e. The molecular weight excluding hydrogens is 1240 g/mol. The van der Waals surface area contributed by atoms with Crippen molar-refractivity contribution >= 4 is 8.80 Å². The van der Waals surface area contributed by atoms with E-state index in [0.717, 1.165) is 172 Å². The van der Waals surface area contributed by atoms with Gasteiger partial charge in [-0.2, -0.15) is 0 Å². The van der Waals surface area contributed by atoms with Crippen molar-refractivity contribution in [1.29, 1.82) is 0 Å². The first-order valence-electron chi connectivity index (χ1n) is 43.3. The topological polar surface area (TPSA) is 27.7 Å². The molecule has 0 radical (unpaired) electrons. The molecule has 0 aromatic rings. The molecule has 0 amide bonds. The highest BCUT2D eigenvalue weighted by atomic mass is 28.4. The lowest BCUT2D eigenvalue weighted by molar-refractivity contribution is 0.0577. The summed E-state index contributed by atoms with van der Waals surface area (Å²) in [5, 5.41) is 0. The van der Waals surface area contributed by atoms with Crippen LogP contribution < -0.4 is 0 Å². The van der Waals surface area contributed by atoms with E-state index in [1.54, 1.807) is 12.0 Å². The Kier molecular flexibility index (Phi) is 24.3. The van der Waals surface area contributed by atoms with Crippen molar-refractivity contribution in [3.63, 3.8) is 0 Å². The number of fused-ring (bicyclic) bond motifs is 32. The zero-order valence-corrected chi connectivity index (χ0v) is 64.5. The highest BCUT2D eigenvalue weighted by molar-refractivity contribution is 6.62. The molecule has 22 rings (SSSR count). The van der Waals surface area contributed by atoms with E-state index in [1.807, 2.05) is 20.8 Å². The van der Waals surface area contributed by atoms with Crippen molar-refractivity contribution in [3.8, 4) is 0 Å². The lowest BCUT2D eigenvalue weighted by Crippen LogP contribution is -2.51. The molecule has 10 saturated carbocycles. The number of allylic oxidation sites excluding steroid dienone is 30. The smallest absolute Gasteiger partial charge is 0.374 e. The van der Waals surface area contributed by atoms with Gasteiger partial charge in [-0.3, -0.25) is 0 Å². The van der Waals surface area contributed by atoms with Gasteiger partial charge in [0.15, 0.2) is 0 Å². The standard InChI is InChI=1S/C17H24.C15H18.C13H24O3Si.C13H18.C11H16.C10H12.2C9H12/c1-2-4-6-8-10-17-15-12-11-14(13-15)16(17)9-7-5-3-1;1-2-10-11(3-1)13-7-12(10)14-8-4-5-9(6-8)15(13)14;1-4-14-17(15-5-2,16-6-3)13-10-11-7-8-12(13)9-11;1-2-4-11(5-3-1)13-9-10-6-7-12(13)8-10;1-2-3-4-10-7-9-5-6-11(10)8-9;1-2-9-7-4-5-8(6-7)10(9)3-1;2*1-2-8-5-7-3-4-9(8)6-7/h3-6,11-12,14-17H,1-2,7-10,13H2;1-2,4-5,8-15H,3,6-7H2;7-8,11-13H,4-6,9-10H2,1-3H3;1-2,6-7,10-13H,3-5,8-9H2;2,5-6,9-11H,1,3-4,7-8H2;1-2,4-5,7-10H,3,6H2;2-4,7,9H,5-6H2,1H3;2-4,7-9H,1,5-6H2/b5-3-,6-4-;;;;;;8-2+;. The van der Waals surface area contributed by atoms with E-state index in [9.17, 15) is 0 Å². The SMILES string of the molecule is C/C=C1\CC2C=CC1C2.C1=CC2C(C1)C1CC2C2C3C=CC(C3)C12.C1=CC2C3C=CC(C3)C2C1.C1=CC2CC1C1CC/C=C\CC/C=C\CCC21.C1=CCC(C2CC3C=CC2C3)CC1.C=CC1CC2C=CC1C2.C=CCCC1CC2C=CC1C2.CCO[Si](OCC)(OCC)C1CC2C=CC1C2. The summed E-state index contributed by atoms with van der Waals surface area (Å²) in [6, 6.07) is 0. The molecule has 22 aliphatic carbocycles. The normalized spacial score (nSPS) is 46.5. The number of hydrogen-bond donors (Lipinski definition) is 0. The van der Waals surface area contributed by atoms with E-state index in [-0.39, 0.29) is 0 Å². The van der Waals surface area contributed by atoms with E-state index in [0.29, 0.717) is 31.3 Å². The Balaban J connectivity index is 0.0000000945. The number of hydrogen-bond acceptors (Lipinski definition) is 3. The van der Waals surface area contributed by atoms with Crippen LogP contribution in [0.3, 0.4) is 0 Å². The summed E-state index contributed by atoms with van der Waals surface area (Å²) in [6.45, 7) is 17.9. The first kappa shape index (κ1) is 72.5. The fourth-order valence-electron chi connectivity index (χ4n) is 26.8. The molecule has 0 spiro atoms. The Labute approximate surface area is 617 Å². The van der Waals surface area contributed by atoms with E-state index >= 15 is 0 Å². The number of rotatable bonds is 12. The van der Waals surface area contributed by atoms with E-state index in [1.165, 1.54) is 167 Å². The van der Waals surface area contributed by atoms with Crippen LogP contribution in [0.4, 0.5) is 0 Å². The maximum Gasteiger partial charge on any atom is 0.504 e. The largest absolute Gasteiger partial charge is 0.504 e. The van der Waals surface area contributed by atoms with Crippen LogP contribution >= 0.6 is 0 Å². The zero-order valence-electron chi connectivity index (χ0n) is 63.5. The molecular formula is C97H136O3Si. The second-order valence-corrected chi connectivity index (χ2v) is 39.1. The maximum absolute atomic E-state index is 6.01. The van der Waals surface area contributed by atoms with Gasteiger partial charge in [0.2, 0.25) is 0 Å². The minimum atomic E-state index is -2.47. The van der Waals surface area contributed by atoms with Crippen LogP contribution in [-0.2, 0) is 13.3 Å². The Morgan fingerprint density at radius 2 is 0.911 bits per heavy atom. The third-order valence-electron chi connectivity index (χ3n) is 31.2. The van der Waals surface area contributed by atoms with E-state index < -0.39 is 8.80 Å². The molecule has 0 heterocycles. The molecule has 0 N–H and O–H groups in total. The van der Waals surface area contributed by atoms with Gasteiger partial charge >= 0.3 is 8.80 Å². The van der Waals surface area contributed by atoms with Gasteiger partial charge in [-0.15, -0.1) is 13.2 Å². The Morgan fingerprint density at radius 3 is 1.43 bits per heavy atom. The van der Waals surface area contributed by atoms with Crippen molar-refractivity contribution in [2.24, 2.45) is 178 Å². The summed E-state index contributed by atoms with van der Waals surface area (Å²) < 4.78 is 18.0. The molecule has 31 unspecified atom stereocenters. The van der Waals surface area contributed by atoms with Crippen LogP contribution in [0.2, 0.25) is 5.54 Å². The molecule has 0 aromatic carbocycles. The van der Waals surface area contributed by atoms with E-state index in [4.69, 9.17) is 13.3 Å². The fraction of sp³-hybridized carbons (Fsp3) is 0.670. The summed E-state index contributed by atoms with van der Waals surface area (Å²) in [5.41, 5.74) is 2.15. The van der Waals surface area contributed by atoms with Gasteiger partial charge in [0.05, 0.1) is 0 Å². The molecule has 10 fully saturated rings. The second-order valence-electron chi connectivity index (χ2n) is 36.3. The molecule has 31 atom stereocenters. The molecule has 18 bridgehead atoms. The van der Waals surface area contributed by atoms with Crippen LogP contribution in [0, 0.1) is 178 Å². The fourth-order valence-corrected chi connectivity index (χ4v) is 30.2. The van der Waals surface area contributed by atoms with Crippen molar-refractivity contribution in [3.05, 3.63) is 195 Å². The summed E-state index contributed by atoms with van der Waals surface area (Å²) in [6.07, 6.45) is 107. The Morgan fingerprint density at radius 1 is 0.386 bits per heavy atom. The first-order chi connectivity index (χ1) is 49.7. The van der Waals surface area contributed by atoms with Crippen LogP contribution in [0.15, 0.2) is 195 Å². The van der Waals surface area contributed by atoms with Crippen LogP contribution in [0.5, 0.6) is 0 Å². The molecule has 0 aromatic heterocycles. The predicted molar refractivity (Wildman–Crippen MR) is 427 cm³/mol. The molecule has 546 valence electrons. The average molecular weight is 1380 g/mol. The van der Waals surface area contributed by atoms with Gasteiger partial charge in [-0.1, -0.05) is 182 Å². The van der Waals surface area contributed by atoms with Crippen molar-refractivity contribution in [2.75, 3.05) is 19.8 Å². The third kappa shape index (κ3) is 15.9. The van der Waals surface area contributed by atoms with Gasteiger partial charge < -0.3 is 13.3 Å². The monoisotopic (exact) mass is 1380 g/mol. The van der Waals surface area contributed by atoms with Gasteiger partial charge in [0.25, 0.3) is 0 Å². The van der Waals surface area contributed by atoms with Crippen molar-refractivity contribution in [1.82, 2.24) is 0 Å². The summed E-state index contributed by atoms with van der Waals surface area (Å²) >= 11 is 0. The molecule has 0 saturated heterocycles. The molecule has 4 heteroatoms. The highest BCUT2D eigenvalue weighted by Crippen LogP contribution is 2.70. The van der Waals surface area contributed by atoms with E-state index in [2.05, 4.69) is 196 Å². The molecule has 0 aliphatic heterocycles. The van der Waals surface area contributed by atoms with Crippen molar-refractivity contribution in [2.45, 2.75) is 207 Å². The summed E-state index contributed by atoms with van der Waals surface area (Å²) in [7, 11) is -2.47. The molecule has 3 nitrogen and oxygen atoms in total. The lowest BCUT2D eigenvalue weighted by Gasteiger charge is -2.38. The quantitative estimate of drug-likeness (QED) is 0.111. The Hall–Kier alpha value is -4.06. The highest BCUT2D eigenvalue weighted by Gasteiger charge is 2.64. The van der Waals surface area contributed by atoms with Gasteiger partial charge in [-0.25, -0.2) is 0 Å². The Bertz CT molecular complexity index is 3170. The third-order valence-corrected chi connectivity index (χ3v) is 34.8. The predicted octanol–water partition coefficient (Wildman–Crippen LogP) is 25.2. The van der Waals surface area contributed by atoms with Crippen LogP contribution in [0.25, 0.3) is 0 Å². The second kappa shape index (κ2) is 33.8. The average Bonchev–Trinajstić information content (AvgIpc) is 1.53. The van der Waals surface area contributed by atoms with Crippen LogP contribution in [0.1, 0.15) is 201 Å². The lowest BCUT2D eigenvalue weighted by atomic mass is 9.66. The van der Waals surface area contributed by atoms with Gasteiger partial charge in [-0.05, 0) is 379 Å². The van der Waals surface area contributed by atoms with Crippen LogP contribution in [-0.4, -0.2) is 28.6 Å². The van der Waals surface area contributed by atoms with Crippen molar-refractivity contribution < 1.29 is 13.3 Å².